The highest BCUT2D eigenvalue weighted by molar-refractivity contribution is 5.90. The maximum atomic E-state index is 12.7. The van der Waals surface area contributed by atoms with Crippen LogP contribution in [0.2, 0.25) is 0 Å². The van der Waals surface area contributed by atoms with Gasteiger partial charge in [0.15, 0.2) is 5.82 Å². The molecule has 10 nitrogen and oxygen atoms in total. The van der Waals surface area contributed by atoms with Gasteiger partial charge in [-0.2, -0.15) is 36.4 Å². The fourth-order valence-electron chi connectivity index (χ4n) is 3.95. The van der Waals surface area contributed by atoms with E-state index in [9.17, 15) is 26.3 Å². The highest BCUT2D eigenvalue weighted by Gasteiger charge is 2.29. The summed E-state index contributed by atoms with van der Waals surface area (Å²) in [7, 11) is 1.98. The Bertz CT molecular complexity index is 1260. The van der Waals surface area contributed by atoms with Gasteiger partial charge >= 0.3 is 12.4 Å². The molecule has 0 radical (unpaired) electrons. The highest BCUT2D eigenvalue weighted by Crippen LogP contribution is 2.30. The number of likely N-dealkylation sites (N-methyl/N-ethyl adjacent to an activating group) is 1. The van der Waals surface area contributed by atoms with Crippen molar-refractivity contribution in [2.75, 3.05) is 63.3 Å². The number of ether oxygens (including phenoxy) is 2. The number of nitrogens with zero attached hydrogens (tertiary/aromatic N) is 7. The van der Waals surface area contributed by atoms with Crippen LogP contribution in [-0.4, -0.2) is 95.0 Å². The van der Waals surface area contributed by atoms with E-state index in [1.54, 1.807) is 18.3 Å². The summed E-state index contributed by atoms with van der Waals surface area (Å²) in [5, 5.41) is 7.46. The second-order valence-electron chi connectivity index (χ2n) is 9.15. The lowest BCUT2D eigenvalue weighted by Crippen LogP contribution is -2.45. The van der Waals surface area contributed by atoms with Gasteiger partial charge < -0.3 is 24.6 Å². The van der Waals surface area contributed by atoms with Gasteiger partial charge in [-0.15, -0.1) is 0 Å². The molecule has 0 unspecified atom stereocenters. The van der Waals surface area contributed by atoms with E-state index in [1.807, 2.05) is 18.9 Å². The van der Waals surface area contributed by atoms with Crippen molar-refractivity contribution in [3.8, 4) is 0 Å². The topological polar surface area (TPSA) is 93.5 Å². The maximum absolute atomic E-state index is 12.7. The largest absolute Gasteiger partial charge is 0.411 e. The summed E-state index contributed by atoms with van der Waals surface area (Å²) < 4.78 is 86.8. The number of fused-ring (bicyclic) bond motifs is 1. The third-order valence-corrected chi connectivity index (χ3v) is 5.81. The number of anilines is 3. The number of pyridine rings is 1. The van der Waals surface area contributed by atoms with E-state index in [-0.39, 0.29) is 35.7 Å². The summed E-state index contributed by atoms with van der Waals surface area (Å²) in [6.07, 6.45) is -7.46. The smallest absolute Gasteiger partial charge is 0.370 e. The van der Waals surface area contributed by atoms with Crippen LogP contribution in [0.25, 0.3) is 11.0 Å². The van der Waals surface area contributed by atoms with E-state index >= 15 is 0 Å². The predicted molar refractivity (Wildman–Crippen MR) is 130 cm³/mol. The lowest BCUT2D eigenvalue weighted by atomic mass is 10.3. The molecule has 0 aromatic carbocycles. The van der Waals surface area contributed by atoms with Crippen LogP contribution in [0.4, 0.5) is 43.9 Å². The SMILES string of the molecule is Cc1ccnc(Nc2nc(N3CCN(C)CC3)nc3c(COCC(F)(F)F)nn(CCOCC(F)(F)F)c23)c1. The molecule has 0 spiro atoms. The monoisotopic (exact) mass is 562 g/mol. The van der Waals surface area contributed by atoms with Gasteiger partial charge in [-0.25, -0.2) is 9.97 Å². The Balaban J connectivity index is 1.74. The Labute approximate surface area is 219 Å². The Morgan fingerprint density at radius 3 is 2.33 bits per heavy atom. The molecule has 0 saturated carbocycles. The van der Waals surface area contributed by atoms with Gasteiger partial charge in [-0.3, -0.25) is 4.68 Å². The molecular weight excluding hydrogens is 534 g/mol. The first-order valence-electron chi connectivity index (χ1n) is 12.1. The van der Waals surface area contributed by atoms with Crippen LogP contribution < -0.4 is 10.2 Å². The van der Waals surface area contributed by atoms with Crippen LogP contribution in [0.15, 0.2) is 18.3 Å². The molecular formula is C23H28F6N8O2. The minimum atomic E-state index is -4.55. The van der Waals surface area contributed by atoms with E-state index < -0.39 is 32.2 Å². The molecule has 0 bridgehead atoms. The summed E-state index contributed by atoms with van der Waals surface area (Å²) in [4.78, 5) is 17.7. The number of halogens is 6. The van der Waals surface area contributed by atoms with Gasteiger partial charge in [0, 0.05) is 32.4 Å². The molecule has 4 heterocycles. The van der Waals surface area contributed by atoms with Gasteiger partial charge in [-0.05, 0) is 31.7 Å². The molecule has 214 valence electrons. The highest BCUT2D eigenvalue weighted by atomic mass is 19.4. The zero-order valence-corrected chi connectivity index (χ0v) is 21.3. The average Bonchev–Trinajstić information content (AvgIpc) is 3.18. The van der Waals surface area contributed by atoms with Gasteiger partial charge in [0.05, 0.1) is 19.8 Å². The summed E-state index contributed by atoms with van der Waals surface area (Å²) in [5.41, 5.74) is 1.49. The van der Waals surface area contributed by atoms with Crippen LogP contribution >= 0.6 is 0 Å². The van der Waals surface area contributed by atoms with Crippen LogP contribution in [0.3, 0.4) is 0 Å². The second kappa shape index (κ2) is 11.9. The molecule has 1 aliphatic heterocycles. The molecule has 16 heteroatoms. The minimum absolute atomic E-state index is 0.0862. The molecule has 1 saturated heterocycles. The Morgan fingerprint density at radius 2 is 1.67 bits per heavy atom. The van der Waals surface area contributed by atoms with Gasteiger partial charge in [0.1, 0.15) is 35.8 Å². The van der Waals surface area contributed by atoms with Gasteiger partial charge in [0.2, 0.25) is 5.95 Å². The quantitative estimate of drug-likeness (QED) is 0.293. The van der Waals surface area contributed by atoms with Crippen molar-refractivity contribution in [2.24, 2.45) is 0 Å². The van der Waals surface area contributed by atoms with E-state index in [1.165, 1.54) is 4.68 Å². The summed E-state index contributed by atoms with van der Waals surface area (Å²) in [6, 6.07) is 3.57. The lowest BCUT2D eigenvalue weighted by Gasteiger charge is -2.32. The van der Waals surface area contributed by atoms with Crippen molar-refractivity contribution in [1.82, 2.24) is 29.6 Å². The third-order valence-electron chi connectivity index (χ3n) is 5.81. The molecule has 0 amide bonds. The molecule has 4 rings (SSSR count). The lowest BCUT2D eigenvalue weighted by molar-refractivity contribution is -0.177. The number of piperazine rings is 1. The molecule has 0 atom stereocenters. The number of rotatable bonds is 10. The van der Waals surface area contributed by atoms with Crippen molar-refractivity contribution in [3.05, 3.63) is 29.6 Å². The molecule has 1 fully saturated rings. The molecule has 3 aromatic rings. The Kier molecular flexibility index (Phi) is 8.76. The fourth-order valence-corrected chi connectivity index (χ4v) is 3.95. The van der Waals surface area contributed by atoms with Crippen molar-refractivity contribution >= 4 is 28.6 Å². The predicted octanol–water partition coefficient (Wildman–Crippen LogP) is 3.68. The Morgan fingerprint density at radius 1 is 0.974 bits per heavy atom. The zero-order chi connectivity index (χ0) is 28.2. The Hall–Kier alpha value is -3.24. The van der Waals surface area contributed by atoms with Crippen molar-refractivity contribution in [3.63, 3.8) is 0 Å². The number of hydrogen-bond acceptors (Lipinski definition) is 9. The zero-order valence-electron chi connectivity index (χ0n) is 21.3. The van der Waals surface area contributed by atoms with Crippen molar-refractivity contribution in [1.29, 1.82) is 0 Å². The first-order chi connectivity index (χ1) is 18.4. The van der Waals surface area contributed by atoms with E-state index in [0.29, 0.717) is 24.9 Å². The van der Waals surface area contributed by atoms with E-state index in [2.05, 4.69) is 30.3 Å². The first-order valence-corrected chi connectivity index (χ1v) is 12.1. The summed E-state index contributed by atoms with van der Waals surface area (Å²) >= 11 is 0. The fraction of sp³-hybridized carbons (Fsp3) is 0.565. The second-order valence-corrected chi connectivity index (χ2v) is 9.15. The summed E-state index contributed by atoms with van der Waals surface area (Å²) in [6.45, 7) is 0.639. The van der Waals surface area contributed by atoms with E-state index in [4.69, 9.17) is 9.47 Å². The number of aryl methyl sites for hydroxylation is 1. The average molecular weight is 563 g/mol. The maximum Gasteiger partial charge on any atom is 0.411 e. The molecule has 1 N–H and O–H groups in total. The van der Waals surface area contributed by atoms with Gasteiger partial charge in [0.25, 0.3) is 0 Å². The molecule has 3 aromatic heterocycles. The normalized spacial score (nSPS) is 15.3. The van der Waals surface area contributed by atoms with Crippen LogP contribution in [0, 0.1) is 6.92 Å². The molecule has 1 aliphatic rings. The molecule has 0 aliphatic carbocycles. The van der Waals surface area contributed by atoms with E-state index in [0.717, 1.165) is 18.7 Å². The van der Waals surface area contributed by atoms with Crippen molar-refractivity contribution < 1.29 is 35.8 Å². The van der Waals surface area contributed by atoms with Gasteiger partial charge in [-0.1, -0.05) is 0 Å². The van der Waals surface area contributed by atoms with Crippen molar-refractivity contribution in [2.45, 2.75) is 32.4 Å². The third kappa shape index (κ3) is 8.12. The first kappa shape index (κ1) is 28.8. The van der Waals surface area contributed by atoms with Crippen LogP contribution in [0.5, 0.6) is 0 Å². The summed E-state index contributed by atoms with van der Waals surface area (Å²) in [5.74, 6) is 1.02. The van der Waals surface area contributed by atoms with Crippen LogP contribution in [-0.2, 0) is 22.6 Å². The number of alkyl halides is 6. The number of aromatic nitrogens is 5. The number of hydrogen-bond donors (Lipinski definition) is 1. The standard InChI is InChI=1S/C23H28F6N8O2/c1-15-3-4-30-17(11-15)31-20-19-18(32-21(33-20)36-7-5-35(2)6-8-36)16(12-39-14-23(27,28)29)34-37(19)9-10-38-13-22(24,25)26/h3-4,11H,5-10,12-14H2,1-2H3,(H,30,31,32,33). The number of nitrogens with one attached hydrogen (secondary N) is 1. The van der Waals surface area contributed by atoms with Crippen LogP contribution in [0.1, 0.15) is 11.3 Å². The molecule has 39 heavy (non-hydrogen) atoms. The minimum Gasteiger partial charge on any atom is -0.370 e.